The first-order chi connectivity index (χ1) is 8.34. The van der Waals surface area contributed by atoms with E-state index < -0.39 is 0 Å². The van der Waals surface area contributed by atoms with Crippen LogP contribution in [0.25, 0.3) is 0 Å². The summed E-state index contributed by atoms with van der Waals surface area (Å²) in [6.07, 6.45) is 5.17. The highest BCUT2D eigenvalue weighted by Crippen LogP contribution is 2.40. The molecule has 106 valence electrons. The first kappa shape index (κ1) is 15.5. The lowest BCUT2D eigenvalue weighted by Crippen LogP contribution is -2.37. The SMILES string of the molecule is CCOC(=O)C[C@H](N)C1CCC(C(C)(C)C)CC1. The van der Waals surface area contributed by atoms with Crippen molar-refractivity contribution in [2.45, 2.75) is 65.8 Å². The molecule has 0 unspecified atom stereocenters. The average molecular weight is 255 g/mol. The third kappa shape index (κ3) is 4.60. The van der Waals surface area contributed by atoms with Gasteiger partial charge < -0.3 is 10.5 Å². The van der Waals surface area contributed by atoms with E-state index in [1.807, 2.05) is 6.92 Å². The Morgan fingerprint density at radius 1 is 1.28 bits per heavy atom. The highest BCUT2D eigenvalue weighted by Gasteiger charge is 2.32. The molecule has 3 heteroatoms. The molecule has 0 heterocycles. The molecule has 0 bridgehead atoms. The monoisotopic (exact) mass is 255 g/mol. The Balaban J connectivity index is 2.36. The van der Waals surface area contributed by atoms with Gasteiger partial charge in [0.15, 0.2) is 0 Å². The Labute approximate surface area is 111 Å². The topological polar surface area (TPSA) is 52.3 Å². The van der Waals surface area contributed by atoms with Crippen molar-refractivity contribution in [3.8, 4) is 0 Å². The van der Waals surface area contributed by atoms with Gasteiger partial charge in [-0.1, -0.05) is 20.8 Å². The van der Waals surface area contributed by atoms with Crippen molar-refractivity contribution in [3.05, 3.63) is 0 Å². The molecule has 2 N–H and O–H groups in total. The van der Waals surface area contributed by atoms with Gasteiger partial charge >= 0.3 is 5.97 Å². The molecular formula is C15H29NO2. The highest BCUT2D eigenvalue weighted by atomic mass is 16.5. The van der Waals surface area contributed by atoms with Crippen molar-refractivity contribution in [1.29, 1.82) is 0 Å². The third-order valence-corrected chi connectivity index (χ3v) is 4.31. The van der Waals surface area contributed by atoms with Crippen LogP contribution in [0.4, 0.5) is 0 Å². The van der Waals surface area contributed by atoms with Gasteiger partial charge in [-0.2, -0.15) is 0 Å². The molecule has 0 saturated heterocycles. The van der Waals surface area contributed by atoms with Crippen LogP contribution in [0, 0.1) is 17.3 Å². The number of hydrogen-bond donors (Lipinski definition) is 1. The first-order valence-corrected chi connectivity index (χ1v) is 7.25. The molecule has 18 heavy (non-hydrogen) atoms. The van der Waals surface area contributed by atoms with Crippen LogP contribution < -0.4 is 5.73 Å². The molecule has 1 fully saturated rings. The molecule has 0 radical (unpaired) electrons. The summed E-state index contributed by atoms with van der Waals surface area (Å²) in [4.78, 5) is 11.4. The van der Waals surface area contributed by atoms with E-state index >= 15 is 0 Å². The maximum absolute atomic E-state index is 11.4. The number of esters is 1. The fourth-order valence-corrected chi connectivity index (χ4v) is 2.99. The van der Waals surface area contributed by atoms with Crippen LogP contribution in [0.15, 0.2) is 0 Å². The lowest BCUT2D eigenvalue weighted by atomic mass is 9.68. The number of ether oxygens (including phenoxy) is 1. The smallest absolute Gasteiger partial charge is 0.307 e. The van der Waals surface area contributed by atoms with Crippen molar-refractivity contribution < 1.29 is 9.53 Å². The number of carbonyl (C=O) groups is 1. The zero-order chi connectivity index (χ0) is 13.8. The Hall–Kier alpha value is -0.570. The molecule has 0 aromatic carbocycles. The van der Waals surface area contributed by atoms with E-state index in [9.17, 15) is 4.79 Å². The maximum Gasteiger partial charge on any atom is 0.307 e. The van der Waals surface area contributed by atoms with Crippen molar-refractivity contribution in [2.75, 3.05) is 6.61 Å². The van der Waals surface area contributed by atoms with Gasteiger partial charge in [-0.15, -0.1) is 0 Å². The van der Waals surface area contributed by atoms with E-state index in [1.165, 1.54) is 12.8 Å². The zero-order valence-electron chi connectivity index (χ0n) is 12.4. The van der Waals surface area contributed by atoms with Gasteiger partial charge in [0.05, 0.1) is 13.0 Å². The molecule has 1 aliphatic carbocycles. The average Bonchev–Trinajstić information content (AvgIpc) is 2.28. The van der Waals surface area contributed by atoms with Crippen molar-refractivity contribution in [3.63, 3.8) is 0 Å². The number of rotatable bonds is 4. The summed E-state index contributed by atoms with van der Waals surface area (Å²) in [6.45, 7) is 9.23. The van der Waals surface area contributed by atoms with Gasteiger partial charge in [-0.3, -0.25) is 4.79 Å². The number of nitrogens with two attached hydrogens (primary N) is 1. The summed E-state index contributed by atoms with van der Waals surface area (Å²) in [5, 5.41) is 0. The van der Waals surface area contributed by atoms with Crippen LogP contribution >= 0.6 is 0 Å². The fraction of sp³-hybridized carbons (Fsp3) is 0.933. The zero-order valence-corrected chi connectivity index (χ0v) is 12.4. The molecule has 0 amide bonds. The van der Waals surface area contributed by atoms with Crippen LogP contribution in [-0.2, 0) is 9.53 Å². The summed E-state index contributed by atoms with van der Waals surface area (Å²) >= 11 is 0. The van der Waals surface area contributed by atoms with Crippen LogP contribution in [0.3, 0.4) is 0 Å². The van der Waals surface area contributed by atoms with Gasteiger partial charge in [0.2, 0.25) is 0 Å². The Bertz CT molecular complexity index is 262. The Morgan fingerprint density at radius 3 is 2.28 bits per heavy atom. The summed E-state index contributed by atoms with van der Waals surface area (Å²) in [5.41, 5.74) is 6.53. The van der Waals surface area contributed by atoms with Crippen LogP contribution in [0.1, 0.15) is 59.8 Å². The van der Waals surface area contributed by atoms with Gasteiger partial charge in [0.1, 0.15) is 0 Å². The molecule has 1 rings (SSSR count). The second-order valence-electron chi connectivity index (χ2n) is 6.65. The summed E-state index contributed by atoms with van der Waals surface area (Å²) < 4.78 is 4.96. The Morgan fingerprint density at radius 2 is 1.83 bits per heavy atom. The van der Waals surface area contributed by atoms with Gasteiger partial charge in [-0.25, -0.2) is 0 Å². The predicted molar refractivity (Wildman–Crippen MR) is 74.1 cm³/mol. The normalized spacial score (nSPS) is 26.7. The number of carbonyl (C=O) groups excluding carboxylic acids is 1. The van der Waals surface area contributed by atoms with E-state index in [0.29, 0.717) is 24.4 Å². The van der Waals surface area contributed by atoms with E-state index in [2.05, 4.69) is 20.8 Å². The van der Waals surface area contributed by atoms with E-state index in [4.69, 9.17) is 10.5 Å². The second-order valence-corrected chi connectivity index (χ2v) is 6.65. The molecule has 1 atom stereocenters. The fourth-order valence-electron chi connectivity index (χ4n) is 2.99. The van der Waals surface area contributed by atoms with Gasteiger partial charge in [0, 0.05) is 6.04 Å². The largest absolute Gasteiger partial charge is 0.466 e. The minimum atomic E-state index is -0.150. The molecule has 1 saturated carbocycles. The third-order valence-electron chi connectivity index (χ3n) is 4.31. The van der Waals surface area contributed by atoms with Crippen molar-refractivity contribution >= 4 is 5.97 Å². The highest BCUT2D eigenvalue weighted by molar-refractivity contribution is 5.70. The number of hydrogen-bond acceptors (Lipinski definition) is 3. The minimum Gasteiger partial charge on any atom is -0.466 e. The summed E-state index contributed by atoms with van der Waals surface area (Å²) in [6, 6.07) is -0.0232. The van der Waals surface area contributed by atoms with E-state index in [-0.39, 0.29) is 12.0 Å². The second kappa shape index (κ2) is 6.55. The maximum atomic E-state index is 11.4. The van der Waals surface area contributed by atoms with E-state index in [1.54, 1.807) is 0 Å². The molecule has 0 aromatic heterocycles. The molecule has 3 nitrogen and oxygen atoms in total. The summed E-state index contributed by atoms with van der Waals surface area (Å²) in [7, 11) is 0. The van der Waals surface area contributed by atoms with Gasteiger partial charge in [0.25, 0.3) is 0 Å². The standard InChI is InChI=1S/C15H29NO2/c1-5-18-14(17)10-13(16)11-6-8-12(9-7-11)15(2,3)4/h11-13H,5-10,16H2,1-4H3/t11?,12?,13-/m0/s1. The van der Waals surface area contributed by atoms with E-state index in [0.717, 1.165) is 18.8 Å². The quantitative estimate of drug-likeness (QED) is 0.785. The van der Waals surface area contributed by atoms with Crippen LogP contribution in [-0.4, -0.2) is 18.6 Å². The minimum absolute atomic E-state index is 0.0232. The van der Waals surface area contributed by atoms with Gasteiger partial charge in [-0.05, 0) is 49.9 Å². The van der Waals surface area contributed by atoms with Crippen LogP contribution in [0.5, 0.6) is 0 Å². The van der Waals surface area contributed by atoms with Crippen LogP contribution in [0.2, 0.25) is 0 Å². The van der Waals surface area contributed by atoms with Crippen molar-refractivity contribution in [2.24, 2.45) is 23.0 Å². The molecule has 0 spiro atoms. The lowest BCUT2D eigenvalue weighted by molar-refractivity contribution is -0.143. The van der Waals surface area contributed by atoms with Crippen molar-refractivity contribution in [1.82, 2.24) is 0 Å². The summed E-state index contributed by atoms with van der Waals surface area (Å²) in [5.74, 6) is 1.14. The molecule has 0 aromatic rings. The molecule has 0 aliphatic heterocycles. The first-order valence-electron chi connectivity index (χ1n) is 7.25. The molecular weight excluding hydrogens is 226 g/mol. The lowest BCUT2D eigenvalue weighted by Gasteiger charge is -2.38. The predicted octanol–water partition coefficient (Wildman–Crippen LogP) is 3.12. The molecule has 1 aliphatic rings. The Kier molecular flexibility index (Phi) is 5.64.